The summed E-state index contributed by atoms with van der Waals surface area (Å²) in [4.78, 5) is 23.4. The molecule has 1 heterocycles. The average molecular weight is 376 g/mol. The molecule has 1 aromatic heterocycles. The minimum Gasteiger partial charge on any atom is -0.508 e. The summed E-state index contributed by atoms with van der Waals surface area (Å²) in [6, 6.07) is 14.2. The summed E-state index contributed by atoms with van der Waals surface area (Å²) in [5.41, 5.74) is 3.68. The first-order chi connectivity index (χ1) is 13.5. The summed E-state index contributed by atoms with van der Waals surface area (Å²) < 4.78 is 0. The molecule has 6 heteroatoms. The monoisotopic (exact) mass is 376 g/mol. The van der Waals surface area contributed by atoms with Gasteiger partial charge in [0.1, 0.15) is 5.75 Å². The van der Waals surface area contributed by atoms with Crippen molar-refractivity contribution < 1.29 is 9.90 Å². The Kier molecular flexibility index (Phi) is 6.34. The topological polar surface area (TPSA) is 78.4 Å². The van der Waals surface area contributed by atoms with Crippen molar-refractivity contribution in [3.8, 4) is 28.3 Å². The highest BCUT2D eigenvalue weighted by Gasteiger charge is 2.09. The standard InChI is InChI=1S/C22H24N4O2/c1-26(2)12-4-11-24-22(28)18-6-3-5-17(13-18)21-15-23-14-20(25-21)16-7-9-19(27)10-8-16/h3,5-10,13-15,27H,4,11-12H2,1-2H3,(H,24,28). The Labute approximate surface area is 164 Å². The Morgan fingerprint density at radius 3 is 2.46 bits per heavy atom. The van der Waals surface area contributed by atoms with E-state index in [0.29, 0.717) is 23.5 Å². The maximum absolute atomic E-state index is 12.4. The fourth-order valence-electron chi connectivity index (χ4n) is 2.80. The number of amides is 1. The lowest BCUT2D eigenvalue weighted by molar-refractivity contribution is 0.0952. The SMILES string of the molecule is CN(C)CCCNC(=O)c1cccc(-c2cncc(-c3ccc(O)cc3)n2)c1. The van der Waals surface area contributed by atoms with E-state index in [1.165, 1.54) is 0 Å². The van der Waals surface area contributed by atoms with Crippen molar-refractivity contribution in [3.63, 3.8) is 0 Å². The van der Waals surface area contributed by atoms with Crippen LogP contribution < -0.4 is 5.32 Å². The predicted molar refractivity (Wildman–Crippen MR) is 110 cm³/mol. The summed E-state index contributed by atoms with van der Waals surface area (Å²) in [5.74, 6) is 0.111. The van der Waals surface area contributed by atoms with Crippen molar-refractivity contribution >= 4 is 5.91 Å². The lowest BCUT2D eigenvalue weighted by Gasteiger charge is -2.10. The molecule has 1 amide bonds. The Morgan fingerprint density at radius 2 is 1.75 bits per heavy atom. The number of carbonyl (C=O) groups excluding carboxylic acids is 1. The molecule has 0 aliphatic rings. The molecule has 0 fully saturated rings. The quantitative estimate of drug-likeness (QED) is 0.619. The zero-order chi connectivity index (χ0) is 19.9. The van der Waals surface area contributed by atoms with Gasteiger partial charge in [0, 0.05) is 23.2 Å². The molecule has 6 nitrogen and oxygen atoms in total. The van der Waals surface area contributed by atoms with E-state index in [0.717, 1.165) is 24.1 Å². The number of phenolic OH excluding ortho intramolecular Hbond substituents is 1. The van der Waals surface area contributed by atoms with Gasteiger partial charge >= 0.3 is 0 Å². The Balaban J connectivity index is 1.75. The van der Waals surface area contributed by atoms with Gasteiger partial charge in [0.2, 0.25) is 0 Å². The summed E-state index contributed by atoms with van der Waals surface area (Å²) in [6.07, 6.45) is 4.26. The van der Waals surface area contributed by atoms with Crippen LogP contribution in [0.25, 0.3) is 22.5 Å². The molecule has 0 saturated carbocycles. The second-order valence-electron chi connectivity index (χ2n) is 6.83. The van der Waals surface area contributed by atoms with Crippen molar-refractivity contribution in [1.82, 2.24) is 20.2 Å². The second-order valence-corrected chi connectivity index (χ2v) is 6.83. The van der Waals surface area contributed by atoms with Gasteiger partial charge in [-0.15, -0.1) is 0 Å². The molecular formula is C22H24N4O2. The first-order valence-electron chi connectivity index (χ1n) is 9.18. The normalized spacial score (nSPS) is 10.8. The molecular weight excluding hydrogens is 352 g/mol. The summed E-state index contributed by atoms with van der Waals surface area (Å²) in [5, 5.41) is 12.4. The highest BCUT2D eigenvalue weighted by atomic mass is 16.3. The first kappa shape index (κ1) is 19.5. The molecule has 144 valence electrons. The fourth-order valence-corrected chi connectivity index (χ4v) is 2.80. The van der Waals surface area contributed by atoms with Gasteiger partial charge in [0.25, 0.3) is 5.91 Å². The van der Waals surface area contributed by atoms with Gasteiger partial charge in [-0.25, -0.2) is 4.98 Å². The van der Waals surface area contributed by atoms with E-state index < -0.39 is 0 Å². The zero-order valence-electron chi connectivity index (χ0n) is 16.1. The summed E-state index contributed by atoms with van der Waals surface area (Å²) in [7, 11) is 4.03. The van der Waals surface area contributed by atoms with Crippen LogP contribution in [-0.4, -0.2) is 53.1 Å². The predicted octanol–water partition coefficient (Wildman–Crippen LogP) is 3.20. The van der Waals surface area contributed by atoms with Crippen molar-refractivity contribution in [2.75, 3.05) is 27.2 Å². The molecule has 28 heavy (non-hydrogen) atoms. The molecule has 0 spiro atoms. The van der Waals surface area contributed by atoms with Crippen LogP contribution in [0.4, 0.5) is 0 Å². The number of hydrogen-bond donors (Lipinski definition) is 2. The van der Waals surface area contributed by atoms with E-state index in [1.807, 2.05) is 32.3 Å². The van der Waals surface area contributed by atoms with Crippen LogP contribution in [0.1, 0.15) is 16.8 Å². The molecule has 0 aliphatic carbocycles. The molecule has 0 atom stereocenters. The number of aromatic hydroxyl groups is 1. The molecule has 0 unspecified atom stereocenters. The van der Waals surface area contributed by atoms with Gasteiger partial charge in [-0.1, -0.05) is 12.1 Å². The van der Waals surface area contributed by atoms with Crippen molar-refractivity contribution in [2.24, 2.45) is 0 Å². The smallest absolute Gasteiger partial charge is 0.251 e. The third kappa shape index (κ3) is 5.14. The molecule has 0 radical (unpaired) electrons. The number of nitrogens with zero attached hydrogens (tertiary/aromatic N) is 3. The Bertz CT molecular complexity index is 939. The number of benzene rings is 2. The molecule has 0 saturated heterocycles. The average Bonchev–Trinajstić information content (AvgIpc) is 2.71. The molecule has 0 bridgehead atoms. The van der Waals surface area contributed by atoms with E-state index in [1.54, 1.807) is 42.7 Å². The lowest BCUT2D eigenvalue weighted by atomic mass is 10.1. The van der Waals surface area contributed by atoms with Crippen LogP contribution in [0, 0.1) is 0 Å². The minimum atomic E-state index is -0.0942. The molecule has 3 rings (SSSR count). The third-order valence-corrected chi connectivity index (χ3v) is 4.29. The number of phenols is 1. The number of nitrogens with one attached hydrogen (secondary N) is 1. The van der Waals surface area contributed by atoms with E-state index in [2.05, 4.69) is 20.2 Å². The Morgan fingerprint density at radius 1 is 1.04 bits per heavy atom. The fraction of sp³-hybridized carbons (Fsp3) is 0.227. The molecule has 2 N–H and O–H groups in total. The van der Waals surface area contributed by atoms with Gasteiger partial charge in [-0.05, 0) is 63.5 Å². The molecule has 2 aromatic carbocycles. The van der Waals surface area contributed by atoms with E-state index in [-0.39, 0.29) is 11.7 Å². The van der Waals surface area contributed by atoms with E-state index in [9.17, 15) is 9.90 Å². The van der Waals surface area contributed by atoms with Crippen molar-refractivity contribution in [1.29, 1.82) is 0 Å². The Hall–Kier alpha value is -3.25. The number of aromatic nitrogens is 2. The minimum absolute atomic E-state index is 0.0942. The number of carbonyl (C=O) groups is 1. The van der Waals surface area contributed by atoms with Crippen LogP contribution in [0.3, 0.4) is 0 Å². The van der Waals surface area contributed by atoms with Crippen LogP contribution in [0.2, 0.25) is 0 Å². The highest BCUT2D eigenvalue weighted by Crippen LogP contribution is 2.23. The van der Waals surface area contributed by atoms with Gasteiger partial charge in [0.15, 0.2) is 0 Å². The summed E-state index contributed by atoms with van der Waals surface area (Å²) in [6.45, 7) is 1.57. The number of hydrogen-bond acceptors (Lipinski definition) is 5. The number of rotatable bonds is 7. The van der Waals surface area contributed by atoms with E-state index in [4.69, 9.17) is 0 Å². The maximum Gasteiger partial charge on any atom is 0.251 e. The van der Waals surface area contributed by atoms with Crippen LogP contribution in [0.15, 0.2) is 60.9 Å². The van der Waals surface area contributed by atoms with Crippen molar-refractivity contribution in [2.45, 2.75) is 6.42 Å². The van der Waals surface area contributed by atoms with Crippen molar-refractivity contribution in [3.05, 3.63) is 66.5 Å². The van der Waals surface area contributed by atoms with Gasteiger partial charge in [-0.2, -0.15) is 0 Å². The van der Waals surface area contributed by atoms with Gasteiger partial charge in [-0.3, -0.25) is 9.78 Å². The second kappa shape index (κ2) is 9.10. The van der Waals surface area contributed by atoms with Gasteiger partial charge < -0.3 is 15.3 Å². The molecule has 3 aromatic rings. The van der Waals surface area contributed by atoms with Crippen LogP contribution in [-0.2, 0) is 0 Å². The van der Waals surface area contributed by atoms with Gasteiger partial charge in [0.05, 0.1) is 23.8 Å². The summed E-state index contributed by atoms with van der Waals surface area (Å²) >= 11 is 0. The largest absolute Gasteiger partial charge is 0.508 e. The highest BCUT2D eigenvalue weighted by molar-refractivity contribution is 5.95. The van der Waals surface area contributed by atoms with Crippen LogP contribution in [0.5, 0.6) is 5.75 Å². The first-order valence-corrected chi connectivity index (χ1v) is 9.18. The third-order valence-electron chi connectivity index (χ3n) is 4.29. The molecule has 0 aliphatic heterocycles. The van der Waals surface area contributed by atoms with Crippen LogP contribution >= 0.6 is 0 Å². The lowest BCUT2D eigenvalue weighted by Crippen LogP contribution is -2.27. The van der Waals surface area contributed by atoms with E-state index >= 15 is 0 Å². The zero-order valence-corrected chi connectivity index (χ0v) is 16.1. The maximum atomic E-state index is 12.4.